The van der Waals surface area contributed by atoms with E-state index in [9.17, 15) is 24.9 Å². The summed E-state index contributed by atoms with van der Waals surface area (Å²) in [4.78, 5) is 23.6. The first-order chi connectivity index (χ1) is 13.5. The van der Waals surface area contributed by atoms with Crippen LogP contribution in [-0.4, -0.2) is 45.1 Å². The minimum absolute atomic E-state index is 0.0566. The topological polar surface area (TPSA) is 104 Å². The second-order valence-corrected chi connectivity index (χ2v) is 10.5. The number of esters is 1. The number of aliphatic carboxylic acids is 1. The quantitative estimate of drug-likeness (QED) is 0.492. The van der Waals surface area contributed by atoms with Gasteiger partial charge < -0.3 is 20.1 Å². The molecule has 0 spiro atoms. The predicted octanol–water partition coefficient (Wildman–Crippen LogP) is 2.91. The number of hydrogen-bond acceptors (Lipinski definition) is 5. The number of aliphatic hydroxyl groups excluding tert-OH is 2. The Morgan fingerprint density at radius 3 is 2.45 bits per heavy atom. The molecule has 29 heavy (non-hydrogen) atoms. The minimum atomic E-state index is -1.00. The summed E-state index contributed by atoms with van der Waals surface area (Å²) in [5.74, 6) is -0.668. The van der Waals surface area contributed by atoms with E-state index in [1.165, 1.54) is 6.92 Å². The van der Waals surface area contributed by atoms with Crippen LogP contribution in [0.4, 0.5) is 0 Å². The number of carbonyl (C=O) groups is 2. The molecule has 0 aliphatic heterocycles. The number of allylic oxidation sites excluding steroid dienone is 1. The van der Waals surface area contributed by atoms with Crippen LogP contribution in [0.3, 0.4) is 0 Å². The van der Waals surface area contributed by atoms with Crippen LogP contribution in [0.15, 0.2) is 12.2 Å². The van der Waals surface area contributed by atoms with Gasteiger partial charge in [0.2, 0.25) is 0 Å². The highest BCUT2D eigenvalue weighted by Gasteiger charge is 2.68. The maximum Gasteiger partial charge on any atom is 0.307 e. The van der Waals surface area contributed by atoms with Crippen molar-refractivity contribution in [2.24, 2.45) is 34.5 Å². The van der Waals surface area contributed by atoms with Gasteiger partial charge in [0.25, 0.3) is 0 Å². The molecule has 4 rings (SSSR count). The Kier molecular flexibility index (Phi) is 4.90. The molecule has 0 aromatic heterocycles. The third-order valence-electron chi connectivity index (χ3n) is 9.25. The van der Waals surface area contributed by atoms with E-state index in [1.807, 2.05) is 6.08 Å². The molecule has 0 aromatic rings. The largest absolute Gasteiger partial charge is 0.481 e. The zero-order valence-electron chi connectivity index (χ0n) is 17.6. The van der Waals surface area contributed by atoms with E-state index in [2.05, 4.69) is 19.9 Å². The van der Waals surface area contributed by atoms with Crippen LogP contribution in [0.25, 0.3) is 0 Å². The molecule has 0 saturated heterocycles. The van der Waals surface area contributed by atoms with Crippen molar-refractivity contribution >= 4 is 11.9 Å². The molecule has 0 heterocycles. The lowest BCUT2D eigenvalue weighted by molar-refractivity contribution is -0.199. The van der Waals surface area contributed by atoms with Crippen LogP contribution in [0.5, 0.6) is 0 Å². The highest BCUT2D eigenvalue weighted by Crippen LogP contribution is 2.68. The number of fused-ring (bicyclic) bond motifs is 5. The van der Waals surface area contributed by atoms with Crippen molar-refractivity contribution in [3.05, 3.63) is 12.2 Å². The molecule has 4 aliphatic rings. The second-order valence-electron chi connectivity index (χ2n) is 10.5. The Labute approximate surface area is 172 Å². The zero-order chi connectivity index (χ0) is 21.2. The first-order valence-electron chi connectivity index (χ1n) is 11.0. The molecule has 162 valence electrons. The van der Waals surface area contributed by atoms with E-state index in [4.69, 9.17) is 4.74 Å². The molecule has 4 aliphatic carbocycles. The van der Waals surface area contributed by atoms with Crippen molar-refractivity contribution in [2.45, 2.75) is 83.5 Å². The Morgan fingerprint density at radius 2 is 1.79 bits per heavy atom. The van der Waals surface area contributed by atoms with Crippen LogP contribution < -0.4 is 0 Å². The van der Waals surface area contributed by atoms with Crippen molar-refractivity contribution in [3.8, 4) is 0 Å². The Bertz CT molecular complexity index is 715. The molecule has 9 atom stereocenters. The Balaban J connectivity index is 1.71. The third-order valence-corrected chi connectivity index (χ3v) is 9.25. The summed E-state index contributed by atoms with van der Waals surface area (Å²) in [6.07, 6.45) is 7.27. The number of carboxylic acids is 1. The first kappa shape index (κ1) is 20.9. The summed E-state index contributed by atoms with van der Waals surface area (Å²) in [5, 5.41) is 30.9. The second kappa shape index (κ2) is 6.81. The monoisotopic (exact) mass is 406 g/mol. The summed E-state index contributed by atoms with van der Waals surface area (Å²) in [7, 11) is 0. The lowest BCUT2D eigenvalue weighted by atomic mass is 9.44. The number of rotatable bonds is 3. The summed E-state index contributed by atoms with van der Waals surface area (Å²) in [6, 6.07) is 0. The van der Waals surface area contributed by atoms with Gasteiger partial charge in [0.1, 0.15) is 5.60 Å². The fourth-order valence-corrected chi connectivity index (χ4v) is 7.87. The van der Waals surface area contributed by atoms with Crippen molar-refractivity contribution < 1.29 is 29.6 Å². The Hall–Kier alpha value is -1.40. The van der Waals surface area contributed by atoms with E-state index in [-0.39, 0.29) is 35.5 Å². The average molecular weight is 407 g/mol. The van der Waals surface area contributed by atoms with Gasteiger partial charge in [0.15, 0.2) is 0 Å². The average Bonchev–Trinajstić information content (AvgIpc) is 2.88. The lowest BCUT2D eigenvalue weighted by Gasteiger charge is -2.61. The highest BCUT2D eigenvalue weighted by atomic mass is 16.6. The summed E-state index contributed by atoms with van der Waals surface area (Å²) in [5.41, 5.74) is -1.53. The molecule has 0 aromatic carbocycles. The van der Waals surface area contributed by atoms with Crippen LogP contribution >= 0.6 is 0 Å². The molecule has 6 nitrogen and oxygen atoms in total. The molecule has 0 amide bonds. The highest BCUT2D eigenvalue weighted by molar-refractivity contribution is 5.71. The van der Waals surface area contributed by atoms with E-state index in [0.717, 1.165) is 19.3 Å². The van der Waals surface area contributed by atoms with Crippen LogP contribution in [-0.2, 0) is 14.3 Å². The van der Waals surface area contributed by atoms with Crippen LogP contribution in [0.2, 0.25) is 0 Å². The van der Waals surface area contributed by atoms with Gasteiger partial charge in [-0.1, -0.05) is 26.0 Å². The first-order valence-corrected chi connectivity index (χ1v) is 11.0. The number of carboxylic acid groups (broad SMARTS) is 1. The van der Waals surface area contributed by atoms with E-state index >= 15 is 0 Å². The van der Waals surface area contributed by atoms with Gasteiger partial charge in [-0.15, -0.1) is 0 Å². The third kappa shape index (κ3) is 2.97. The summed E-state index contributed by atoms with van der Waals surface area (Å²) >= 11 is 0. The van der Waals surface area contributed by atoms with Gasteiger partial charge in [0, 0.05) is 12.3 Å². The molecule has 4 unspecified atom stereocenters. The van der Waals surface area contributed by atoms with E-state index in [1.54, 1.807) is 0 Å². The summed E-state index contributed by atoms with van der Waals surface area (Å²) < 4.78 is 5.79. The molecule has 3 saturated carbocycles. The number of aliphatic hydroxyl groups is 2. The minimum Gasteiger partial charge on any atom is -0.481 e. The number of ether oxygens (including phenoxy) is 1. The molecule has 0 bridgehead atoms. The van der Waals surface area contributed by atoms with Gasteiger partial charge in [-0.05, 0) is 67.6 Å². The van der Waals surface area contributed by atoms with E-state index in [0.29, 0.717) is 19.3 Å². The molecule has 3 fully saturated rings. The Morgan fingerprint density at radius 1 is 1.10 bits per heavy atom. The standard InChI is InChI=1S/C23H34O6/c1-13(24)29-23(12-19(27)28)9-6-17-20-16(5-8-22(17,23)3)21(2)7-4-15(25)10-14(21)11-18(20)26/h4,7,14-18,20,25-26H,5-6,8-12H2,1-3H3,(H,27,28)/t14?,15?,16-,17+,18?,20-,21+,22+,23?/m1/s1. The number of carbonyl (C=O) groups excluding carboxylic acids is 1. The predicted molar refractivity (Wildman–Crippen MR) is 106 cm³/mol. The number of hydrogen-bond donors (Lipinski definition) is 3. The zero-order valence-corrected chi connectivity index (χ0v) is 17.6. The fraction of sp³-hybridized carbons (Fsp3) is 0.826. The SMILES string of the molecule is CC(=O)OC1(CC(=O)O)CC[C@H]2[C@@H]3C(O)CC4CC(O)C=C[C@]4(C)[C@@H]3CC[C@@]21C. The van der Waals surface area contributed by atoms with Crippen LogP contribution in [0.1, 0.15) is 65.7 Å². The molecule has 6 heteroatoms. The van der Waals surface area contributed by atoms with Gasteiger partial charge in [-0.25, -0.2) is 0 Å². The summed E-state index contributed by atoms with van der Waals surface area (Å²) in [6.45, 7) is 5.69. The van der Waals surface area contributed by atoms with Gasteiger partial charge in [-0.3, -0.25) is 9.59 Å². The molecule has 0 radical (unpaired) electrons. The normalized spacial score (nSPS) is 50.9. The maximum atomic E-state index is 11.9. The lowest BCUT2D eigenvalue weighted by Crippen LogP contribution is -2.60. The maximum absolute atomic E-state index is 11.9. The van der Waals surface area contributed by atoms with Crippen molar-refractivity contribution in [2.75, 3.05) is 0 Å². The van der Waals surface area contributed by atoms with Crippen molar-refractivity contribution in [3.63, 3.8) is 0 Å². The van der Waals surface area contributed by atoms with Crippen molar-refractivity contribution in [1.29, 1.82) is 0 Å². The molecular formula is C23H34O6. The fourth-order valence-electron chi connectivity index (χ4n) is 7.87. The smallest absolute Gasteiger partial charge is 0.307 e. The van der Waals surface area contributed by atoms with Gasteiger partial charge in [-0.2, -0.15) is 0 Å². The van der Waals surface area contributed by atoms with Gasteiger partial charge in [0.05, 0.1) is 18.6 Å². The molecule has 3 N–H and O–H groups in total. The van der Waals surface area contributed by atoms with Crippen molar-refractivity contribution in [1.82, 2.24) is 0 Å². The molecular weight excluding hydrogens is 372 g/mol. The van der Waals surface area contributed by atoms with Gasteiger partial charge >= 0.3 is 11.9 Å². The van der Waals surface area contributed by atoms with E-state index < -0.39 is 35.2 Å². The van der Waals surface area contributed by atoms with Crippen LogP contribution in [0, 0.1) is 34.5 Å².